The zero-order valence-corrected chi connectivity index (χ0v) is 25.5. The number of nitrogens with zero attached hydrogens (tertiary/aromatic N) is 7. The van der Waals surface area contributed by atoms with Gasteiger partial charge in [-0.2, -0.15) is 5.10 Å². The van der Waals surface area contributed by atoms with Crippen LogP contribution in [0, 0.1) is 5.82 Å². The standard InChI is InChI=1S/C30H34FN7O4Si/c1-43(2,3)13-12-42-19-37-18-23(30(39)40)28-29(37)33-16-24(34-28)27-22-6-5-21(31)14-25(22)38(35-27)17-20-4-7-26(32-15-20)36-8-10-41-11-9-36/h4-7,14-16,18H,8-13,17,19H2,1-3H3,(H,39,40). The number of carboxylic acid groups (broad SMARTS) is 1. The summed E-state index contributed by atoms with van der Waals surface area (Å²) < 4.78 is 29.1. The minimum absolute atomic E-state index is 0.0272. The lowest BCUT2D eigenvalue weighted by atomic mass is 10.1. The molecule has 43 heavy (non-hydrogen) atoms. The fourth-order valence-electron chi connectivity index (χ4n) is 5.08. The number of halogens is 1. The molecule has 0 amide bonds. The van der Waals surface area contributed by atoms with Gasteiger partial charge in [-0.25, -0.2) is 24.1 Å². The molecule has 1 saturated heterocycles. The topological polar surface area (TPSA) is 120 Å². The van der Waals surface area contributed by atoms with Crippen molar-refractivity contribution in [3.8, 4) is 11.4 Å². The van der Waals surface area contributed by atoms with Crippen LogP contribution in [-0.2, 0) is 22.7 Å². The maximum absolute atomic E-state index is 14.4. The fraction of sp³-hybridized carbons (Fsp3) is 0.367. The Balaban J connectivity index is 1.32. The highest BCUT2D eigenvalue weighted by molar-refractivity contribution is 6.76. The number of aromatic carboxylic acids is 1. The molecule has 0 unspecified atom stereocenters. The van der Waals surface area contributed by atoms with Crippen molar-refractivity contribution in [2.75, 3.05) is 37.8 Å². The second kappa shape index (κ2) is 11.8. The van der Waals surface area contributed by atoms with E-state index in [4.69, 9.17) is 19.6 Å². The van der Waals surface area contributed by atoms with Gasteiger partial charge in [0.25, 0.3) is 0 Å². The Labute approximate surface area is 248 Å². The fourth-order valence-corrected chi connectivity index (χ4v) is 5.84. The molecule has 0 radical (unpaired) electrons. The van der Waals surface area contributed by atoms with E-state index in [0.717, 1.165) is 30.5 Å². The molecule has 1 fully saturated rings. The second-order valence-electron chi connectivity index (χ2n) is 11.9. The summed E-state index contributed by atoms with van der Waals surface area (Å²) in [5.74, 6) is -0.611. The summed E-state index contributed by atoms with van der Waals surface area (Å²) in [6.07, 6.45) is 4.88. The van der Waals surface area contributed by atoms with Crippen LogP contribution in [0.2, 0.25) is 25.7 Å². The van der Waals surface area contributed by atoms with Crippen molar-refractivity contribution in [3.05, 3.63) is 65.9 Å². The molecule has 0 atom stereocenters. The predicted molar refractivity (Wildman–Crippen MR) is 164 cm³/mol. The number of anilines is 1. The number of ether oxygens (including phenoxy) is 2. The molecule has 0 aliphatic carbocycles. The number of rotatable bonds is 10. The maximum atomic E-state index is 14.4. The molecule has 0 spiro atoms. The van der Waals surface area contributed by atoms with Crippen LogP contribution in [0.3, 0.4) is 0 Å². The van der Waals surface area contributed by atoms with E-state index in [1.165, 1.54) is 18.3 Å². The van der Waals surface area contributed by atoms with E-state index in [2.05, 4.69) is 34.5 Å². The highest BCUT2D eigenvalue weighted by atomic mass is 28.3. The summed E-state index contributed by atoms with van der Waals surface area (Å²) in [5.41, 5.74) is 3.04. The number of fused-ring (bicyclic) bond motifs is 2. The first-order chi connectivity index (χ1) is 20.7. The van der Waals surface area contributed by atoms with Gasteiger partial charge in [0.1, 0.15) is 40.8 Å². The average Bonchev–Trinajstić information content (AvgIpc) is 3.53. The van der Waals surface area contributed by atoms with Gasteiger partial charge in [-0.05, 0) is 35.9 Å². The largest absolute Gasteiger partial charge is 0.478 e. The molecule has 224 valence electrons. The van der Waals surface area contributed by atoms with Crippen molar-refractivity contribution in [1.29, 1.82) is 0 Å². The first-order valence-electron chi connectivity index (χ1n) is 14.3. The summed E-state index contributed by atoms with van der Waals surface area (Å²) in [7, 11) is -1.26. The predicted octanol–water partition coefficient (Wildman–Crippen LogP) is 4.88. The van der Waals surface area contributed by atoms with E-state index in [-0.39, 0.29) is 23.6 Å². The van der Waals surface area contributed by atoms with Gasteiger partial charge in [0.2, 0.25) is 0 Å². The third kappa shape index (κ3) is 6.28. The van der Waals surface area contributed by atoms with Gasteiger partial charge < -0.3 is 24.0 Å². The van der Waals surface area contributed by atoms with Gasteiger partial charge >= 0.3 is 5.97 Å². The molecule has 1 N–H and O–H groups in total. The first-order valence-corrected chi connectivity index (χ1v) is 18.0. The Kier molecular flexibility index (Phi) is 7.94. The maximum Gasteiger partial charge on any atom is 0.339 e. The van der Waals surface area contributed by atoms with Crippen LogP contribution in [0.15, 0.2) is 48.9 Å². The number of morpholine rings is 1. The number of pyridine rings is 1. The Morgan fingerprint density at radius 3 is 2.65 bits per heavy atom. The van der Waals surface area contributed by atoms with Gasteiger partial charge in [0, 0.05) is 45.6 Å². The van der Waals surface area contributed by atoms with Crippen LogP contribution in [-0.4, -0.2) is 81.4 Å². The number of carboxylic acids is 1. The lowest BCUT2D eigenvalue weighted by Gasteiger charge is -2.27. The Bertz CT molecular complexity index is 1780. The Morgan fingerprint density at radius 2 is 1.93 bits per heavy atom. The quantitative estimate of drug-likeness (QED) is 0.176. The molecular weight excluding hydrogens is 569 g/mol. The molecule has 5 heterocycles. The van der Waals surface area contributed by atoms with Gasteiger partial charge in [0.05, 0.1) is 31.5 Å². The zero-order chi connectivity index (χ0) is 30.1. The van der Waals surface area contributed by atoms with E-state index < -0.39 is 14.0 Å². The summed E-state index contributed by atoms with van der Waals surface area (Å²) in [4.78, 5) is 28.2. The minimum Gasteiger partial charge on any atom is -0.478 e. The molecule has 1 aliphatic heterocycles. The molecule has 11 nitrogen and oxygen atoms in total. The zero-order valence-electron chi connectivity index (χ0n) is 24.5. The van der Waals surface area contributed by atoms with E-state index in [1.54, 1.807) is 27.7 Å². The highest BCUT2D eigenvalue weighted by Gasteiger charge is 2.21. The van der Waals surface area contributed by atoms with Crippen molar-refractivity contribution in [3.63, 3.8) is 0 Å². The number of hydrogen-bond donors (Lipinski definition) is 1. The third-order valence-electron chi connectivity index (χ3n) is 7.46. The van der Waals surface area contributed by atoms with Gasteiger partial charge in [0.15, 0.2) is 5.65 Å². The summed E-state index contributed by atoms with van der Waals surface area (Å²) in [6, 6.07) is 9.43. The molecule has 6 rings (SSSR count). The van der Waals surface area contributed by atoms with Crippen molar-refractivity contribution in [2.45, 2.75) is 39.0 Å². The first kappa shape index (κ1) is 28.9. The Morgan fingerprint density at radius 1 is 1.12 bits per heavy atom. The molecule has 5 aromatic rings. The van der Waals surface area contributed by atoms with Crippen LogP contribution in [0.4, 0.5) is 10.2 Å². The lowest BCUT2D eigenvalue weighted by Crippen LogP contribution is -2.36. The highest BCUT2D eigenvalue weighted by Crippen LogP contribution is 2.30. The monoisotopic (exact) mass is 603 g/mol. The van der Waals surface area contributed by atoms with Crippen LogP contribution in [0.5, 0.6) is 0 Å². The number of hydrogen-bond acceptors (Lipinski definition) is 8. The molecule has 1 aromatic carbocycles. The average molecular weight is 604 g/mol. The van der Waals surface area contributed by atoms with Crippen molar-refractivity contribution < 1.29 is 23.8 Å². The summed E-state index contributed by atoms with van der Waals surface area (Å²) in [6.45, 7) is 10.9. The van der Waals surface area contributed by atoms with Crippen LogP contribution < -0.4 is 4.90 Å². The Hall–Kier alpha value is -4.20. The normalized spacial score (nSPS) is 14.2. The molecule has 1 aliphatic rings. The number of aromatic nitrogens is 6. The van der Waals surface area contributed by atoms with Crippen LogP contribution in [0.1, 0.15) is 15.9 Å². The summed E-state index contributed by atoms with van der Waals surface area (Å²) >= 11 is 0. The van der Waals surface area contributed by atoms with E-state index in [1.807, 2.05) is 12.1 Å². The van der Waals surface area contributed by atoms with Crippen molar-refractivity contribution in [2.24, 2.45) is 0 Å². The van der Waals surface area contributed by atoms with Gasteiger partial charge in [-0.3, -0.25) is 4.68 Å². The second-order valence-corrected chi connectivity index (χ2v) is 17.5. The van der Waals surface area contributed by atoms with Gasteiger partial charge in [-0.1, -0.05) is 25.7 Å². The van der Waals surface area contributed by atoms with Crippen molar-refractivity contribution in [1.82, 2.24) is 29.3 Å². The summed E-state index contributed by atoms with van der Waals surface area (Å²) in [5, 5.41) is 15.4. The molecular formula is C30H34FN7O4Si. The minimum atomic E-state index is -1.26. The molecule has 13 heteroatoms. The smallest absolute Gasteiger partial charge is 0.339 e. The SMILES string of the molecule is C[Si](C)(C)CCOCn1cc(C(=O)O)c2nc(-c3nn(Cc4ccc(N5CCOCC5)nc4)c4cc(F)ccc34)cnc21. The van der Waals surface area contributed by atoms with Crippen LogP contribution in [0.25, 0.3) is 33.5 Å². The van der Waals surface area contributed by atoms with E-state index in [0.29, 0.717) is 54.3 Å². The van der Waals surface area contributed by atoms with E-state index >= 15 is 0 Å². The lowest BCUT2D eigenvalue weighted by molar-refractivity contribution is 0.0696. The van der Waals surface area contributed by atoms with Gasteiger partial charge in [-0.15, -0.1) is 0 Å². The van der Waals surface area contributed by atoms with Crippen LogP contribution >= 0.6 is 0 Å². The third-order valence-corrected chi connectivity index (χ3v) is 9.16. The molecule has 0 bridgehead atoms. The number of benzene rings is 1. The van der Waals surface area contributed by atoms with Crippen molar-refractivity contribution >= 4 is 41.9 Å². The molecule has 0 saturated carbocycles. The number of carbonyl (C=O) groups is 1. The molecule has 4 aromatic heterocycles. The van der Waals surface area contributed by atoms with E-state index in [9.17, 15) is 14.3 Å².